The van der Waals surface area contributed by atoms with Crippen molar-refractivity contribution >= 4 is 11.0 Å². The third-order valence-corrected chi connectivity index (χ3v) is 1.96. The summed E-state index contributed by atoms with van der Waals surface area (Å²) >= 11 is 0. The van der Waals surface area contributed by atoms with Crippen molar-refractivity contribution in [3.63, 3.8) is 0 Å². The Morgan fingerprint density at radius 1 is 1.25 bits per heavy atom. The van der Waals surface area contributed by atoms with Gasteiger partial charge in [-0.25, -0.2) is 9.97 Å². The Hall–Kier alpha value is -1.92. The largest absolute Gasteiger partial charge is 0.433 e. The van der Waals surface area contributed by atoms with Crippen molar-refractivity contribution in [1.29, 1.82) is 0 Å². The van der Waals surface area contributed by atoms with Crippen molar-refractivity contribution in [3.8, 4) is 0 Å². The van der Waals surface area contributed by atoms with E-state index in [0.29, 0.717) is 5.82 Å². The van der Waals surface area contributed by atoms with Crippen molar-refractivity contribution in [2.75, 3.05) is 0 Å². The first-order valence-corrected chi connectivity index (χ1v) is 4.33. The fraction of sp³-hybridized carbons (Fsp3) is 0.222. The highest BCUT2D eigenvalue weighted by Gasteiger charge is 2.32. The molecule has 16 heavy (non-hydrogen) atoms. The van der Waals surface area contributed by atoms with Crippen LogP contribution in [0.25, 0.3) is 11.0 Å². The van der Waals surface area contributed by atoms with Crippen LogP contribution in [0.1, 0.15) is 11.5 Å². The van der Waals surface area contributed by atoms with Crippen LogP contribution in [0.5, 0.6) is 0 Å². The fourth-order valence-electron chi connectivity index (χ4n) is 1.30. The lowest BCUT2D eigenvalue weighted by Crippen LogP contribution is -2.15. The highest BCUT2D eigenvalue weighted by atomic mass is 19.4. The normalized spacial score (nSPS) is 12.0. The highest BCUT2D eigenvalue weighted by molar-refractivity contribution is 5.72. The zero-order valence-corrected chi connectivity index (χ0v) is 8.09. The maximum atomic E-state index is 12.3. The smallest absolute Gasteiger partial charge is 0.309 e. The summed E-state index contributed by atoms with van der Waals surface area (Å²) in [5, 5.41) is 0. The summed E-state index contributed by atoms with van der Waals surface area (Å²) in [7, 11) is 0. The first kappa shape index (κ1) is 10.6. The standard InChI is InChI=1S/C9H6F3N3O/c1-4-13-5-2-3-6(9(10,11)12)15-7(5)8(16)14-4/h2-3H,1H3,(H,13,14,16). The highest BCUT2D eigenvalue weighted by Crippen LogP contribution is 2.27. The van der Waals surface area contributed by atoms with Gasteiger partial charge < -0.3 is 4.98 Å². The third-order valence-electron chi connectivity index (χ3n) is 1.96. The maximum Gasteiger partial charge on any atom is 0.433 e. The van der Waals surface area contributed by atoms with E-state index < -0.39 is 17.4 Å². The van der Waals surface area contributed by atoms with Crippen molar-refractivity contribution in [1.82, 2.24) is 15.0 Å². The predicted molar refractivity (Wildman–Crippen MR) is 49.9 cm³/mol. The molecule has 2 rings (SSSR count). The van der Waals surface area contributed by atoms with E-state index in [1.807, 2.05) is 0 Å². The van der Waals surface area contributed by atoms with Crippen LogP contribution in [0.2, 0.25) is 0 Å². The average Bonchev–Trinajstić information content (AvgIpc) is 2.15. The molecule has 0 aliphatic rings. The third kappa shape index (κ3) is 1.75. The van der Waals surface area contributed by atoms with E-state index in [2.05, 4.69) is 15.0 Å². The number of nitrogens with zero attached hydrogens (tertiary/aromatic N) is 2. The summed E-state index contributed by atoms with van der Waals surface area (Å²) in [5.41, 5.74) is -1.93. The molecule has 0 amide bonds. The number of hydrogen-bond donors (Lipinski definition) is 1. The van der Waals surface area contributed by atoms with E-state index in [1.54, 1.807) is 6.92 Å². The number of alkyl halides is 3. The van der Waals surface area contributed by atoms with Crippen LogP contribution in [-0.4, -0.2) is 15.0 Å². The molecule has 0 aliphatic carbocycles. The van der Waals surface area contributed by atoms with Gasteiger partial charge in [0.2, 0.25) is 0 Å². The number of nitrogens with one attached hydrogen (secondary N) is 1. The van der Waals surface area contributed by atoms with Gasteiger partial charge in [0.15, 0.2) is 5.52 Å². The van der Waals surface area contributed by atoms with Gasteiger partial charge in [-0.3, -0.25) is 4.79 Å². The topological polar surface area (TPSA) is 58.6 Å². The first-order valence-electron chi connectivity index (χ1n) is 4.33. The molecule has 0 spiro atoms. The van der Waals surface area contributed by atoms with Crippen LogP contribution in [-0.2, 0) is 6.18 Å². The molecule has 0 fully saturated rings. The molecule has 0 aliphatic heterocycles. The Bertz CT molecular complexity index is 603. The van der Waals surface area contributed by atoms with E-state index >= 15 is 0 Å². The van der Waals surface area contributed by atoms with Crippen LogP contribution in [0.3, 0.4) is 0 Å². The number of aromatic nitrogens is 3. The zero-order chi connectivity index (χ0) is 11.9. The van der Waals surface area contributed by atoms with Crippen LogP contribution < -0.4 is 5.56 Å². The van der Waals surface area contributed by atoms with Gasteiger partial charge in [0, 0.05) is 0 Å². The van der Waals surface area contributed by atoms with Crippen LogP contribution in [0.15, 0.2) is 16.9 Å². The minimum atomic E-state index is -4.56. The van der Waals surface area contributed by atoms with Crippen molar-refractivity contribution < 1.29 is 13.2 Å². The number of rotatable bonds is 0. The molecule has 1 N–H and O–H groups in total. The Morgan fingerprint density at radius 2 is 1.94 bits per heavy atom. The number of aryl methyl sites for hydroxylation is 1. The summed E-state index contributed by atoms with van der Waals surface area (Å²) in [6.45, 7) is 1.54. The van der Waals surface area contributed by atoms with Gasteiger partial charge in [0.05, 0.1) is 5.52 Å². The van der Waals surface area contributed by atoms with Crippen molar-refractivity contribution in [3.05, 3.63) is 34.0 Å². The predicted octanol–water partition coefficient (Wildman–Crippen LogP) is 1.65. The molecule has 0 unspecified atom stereocenters. The van der Waals surface area contributed by atoms with E-state index in [0.717, 1.165) is 12.1 Å². The Kier molecular flexibility index (Phi) is 2.18. The Balaban J connectivity index is 2.77. The lowest BCUT2D eigenvalue weighted by molar-refractivity contribution is -0.140. The molecule has 4 nitrogen and oxygen atoms in total. The van der Waals surface area contributed by atoms with E-state index in [-0.39, 0.29) is 11.0 Å². The van der Waals surface area contributed by atoms with Crippen LogP contribution in [0.4, 0.5) is 13.2 Å². The van der Waals surface area contributed by atoms with Crippen LogP contribution >= 0.6 is 0 Å². The molecule has 0 atom stereocenters. The summed E-state index contributed by atoms with van der Waals surface area (Å²) in [5.74, 6) is 0.332. The maximum absolute atomic E-state index is 12.3. The molecule has 7 heteroatoms. The summed E-state index contributed by atoms with van der Waals surface area (Å²) < 4.78 is 37.0. The lowest BCUT2D eigenvalue weighted by Gasteiger charge is -2.05. The molecule has 84 valence electrons. The van der Waals surface area contributed by atoms with Gasteiger partial charge in [-0.1, -0.05) is 0 Å². The summed E-state index contributed by atoms with van der Waals surface area (Å²) in [4.78, 5) is 20.8. The molecular formula is C9H6F3N3O. The monoisotopic (exact) mass is 229 g/mol. The molecule has 2 aromatic rings. The van der Waals surface area contributed by atoms with Gasteiger partial charge >= 0.3 is 6.18 Å². The van der Waals surface area contributed by atoms with E-state index in [4.69, 9.17) is 0 Å². The quantitative estimate of drug-likeness (QED) is 0.747. The fourth-order valence-corrected chi connectivity index (χ4v) is 1.30. The van der Waals surface area contributed by atoms with Gasteiger partial charge in [-0.15, -0.1) is 0 Å². The number of H-pyrrole nitrogens is 1. The molecular weight excluding hydrogens is 223 g/mol. The Labute approximate surface area is 87.2 Å². The summed E-state index contributed by atoms with van der Waals surface area (Å²) in [6, 6.07) is 1.93. The molecule has 0 aromatic carbocycles. The molecule has 2 aromatic heterocycles. The number of hydrogen-bond acceptors (Lipinski definition) is 3. The molecule has 0 saturated heterocycles. The molecule has 0 bridgehead atoms. The molecule has 0 radical (unpaired) electrons. The lowest BCUT2D eigenvalue weighted by atomic mass is 10.3. The SMILES string of the molecule is Cc1nc2ccc(C(F)(F)F)nc2c(=O)[nH]1. The van der Waals surface area contributed by atoms with Gasteiger partial charge in [-0.05, 0) is 19.1 Å². The molecule has 2 heterocycles. The number of halogens is 3. The van der Waals surface area contributed by atoms with Gasteiger partial charge in [-0.2, -0.15) is 13.2 Å². The van der Waals surface area contributed by atoms with Gasteiger partial charge in [0.25, 0.3) is 5.56 Å². The second-order valence-electron chi connectivity index (χ2n) is 3.21. The number of fused-ring (bicyclic) bond motifs is 1. The van der Waals surface area contributed by atoms with Crippen molar-refractivity contribution in [2.24, 2.45) is 0 Å². The van der Waals surface area contributed by atoms with Gasteiger partial charge in [0.1, 0.15) is 11.5 Å². The minimum absolute atomic E-state index is 0.147. The Morgan fingerprint density at radius 3 is 2.56 bits per heavy atom. The second kappa shape index (κ2) is 3.29. The zero-order valence-electron chi connectivity index (χ0n) is 8.09. The summed E-state index contributed by atoms with van der Waals surface area (Å²) in [6.07, 6.45) is -4.56. The van der Waals surface area contributed by atoms with E-state index in [1.165, 1.54) is 0 Å². The molecule has 0 saturated carbocycles. The second-order valence-corrected chi connectivity index (χ2v) is 3.21. The average molecular weight is 229 g/mol. The van der Waals surface area contributed by atoms with E-state index in [9.17, 15) is 18.0 Å². The van der Waals surface area contributed by atoms with Crippen LogP contribution in [0, 0.1) is 6.92 Å². The first-order chi connectivity index (χ1) is 7.38. The number of aromatic amines is 1. The minimum Gasteiger partial charge on any atom is -0.309 e. The number of pyridine rings is 1. The van der Waals surface area contributed by atoms with Crippen molar-refractivity contribution in [2.45, 2.75) is 13.1 Å².